The van der Waals surface area contributed by atoms with Crippen LogP contribution in [0.5, 0.6) is 0 Å². The maximum Gasteiger partial charge on any atom is 0.240 e. The Hall–Kier alpha value is -2.21. The highest BCUT2D eigenvalue weighted by Crippen LogP contribution is 2.57. The third kappa shape index (κ3) is 3.31. The van der Waals surface area contributed by atoms with E-state index in [2.05, 4.69) is 20.5 Å². The number of nitrogens with two attached hydrogens (primary N) is 1. The van der Waals surface area contributed by atoms with Crippen LogP contribution in [-0.2, 0) is 11.3 Å². The highest BCUT2D eigenvalue weighted by Gasteiger charge is 2.50. The van der Waals surface area contributed by atoms with Crippen molar-refractivity contribution in [2.75, 3.05) is 0 Å². The third-order valence-electron chi connectivity index (χ3n) is 5.87. The van der Waals surface area contributed by atoms with Crippen molar-refractivity contribution >= 4 is 5.91 Å². The Bertz CT molecular complexity index is 765. The maximum atomic E-state index is 12.6. The number of carbonyl (C=O) groups is 1. The molecule has 2 fully saturated rings. The second-order valence-corrected chi connectivity index (χ2v) is 7.78. The summed E-state index contributed by atoms with van der Waals surface area (Å²) in [5, 5.41) is 10.0. The molecule has 1 spiro atoms. The van der Waals surface area contributed by atoms with E-state index in [0.717, 1.165) is 42.6 Å². The van der Waals surface area contributed by atoms with Gasteiger partial charge in [-0.1, -0.05) is 24.3 Å². The zero-order chi connectivity index (χ0) is 17.5. The first-order valence-electron chi connectivity index (χ1n) is 9.04. The lowest BCUT2D eigenvalue weighted by Crippen LogP contribution is -2.55. The second-order valence-electron chi connectivity index (χ2n) is 7.78. The normalized spacial score (nSPS) is 20.4. The van der Waals surface area contributed by atoms with Crippen LogP contribution in [0.3, 0.4) is 0 Å². The number of hydrogen-bond acceptors (Lipinski definition) is 4. The Balaban J connectivity index is 1.34. The van der Waals surface area contributed by atoms with Crippen LogP contribution < -0.4 is 11.1 Å². The first-order valence-corrected chi connectivity index (χ1v) is 9.04. The number of rotatable bonds is 4. The highest BCUT2D eigenvalue weighted by atomic mass is 16.2. The van der Waals surface area contributed by atoms with Crippen LogP contribution in [0.15, 0.2) is 24.3 Å². The summed E-state index contributed by atoms with van der Waals surface area (Å²) in [6, 6.07) is 7.93. The Kier molecular flexibility index (Phi) is 3.87. The fourth-order valence-electron chi connectivity index (χ4n) is 3.73. The van der Waals surface area contributed by atoms with Gasteiger partial charge in [0, 0.05) is 12.1 Å². The minimum absolute atomic E-state index is 0.0170. The summed E-state index contributed by atoms with van der Waals surface area (Å²) >= 11 is 0. The van der Waals surface area contributed by atoms with Gasteiger partial charge in [-0.2, -0.15) is 5.10 Å². The predicted molar refractivity (Wildman–Crippen MR) is 95.5 cm³/mol. The van der Waals surface area contributed by atoms with Crippen molar-refractivity contribution < 1.29 is 4.79 Å². The molecule has 2 aliphatic rings. The summed E-state index contributed by atoms with van der Waals surface area (Å²) in [5.41, 5.74) is 8.23. The maximum absolute atomic E-state index is 12.6. The number of hydrogen-bond donors (Lipinski definition) is 3. The molecule has 132 valence electrons. The second kappa shape index (κ2) is 5.95. The van der Waals surface area contributed by atoms with Gasteiger partial charge in [-0.3, -0.25) is 9.89 Å². The zero-order valence-electron chi connectivity index (χ0n) is 14.6. The number of carbonyl (C=O) groups excluding carboxylic acids is 1. The number of nitrogens with zero attached hydrogens (tertiary/aromatic N) is 2. The van der Waals surface area contributed by atoms with Crippen molar-refractivity contribution in [3.63, 3.8) is 0 Å². The van der Waals surface area contributed by atoms with E-state index in [0.29, 0.717) is 17.8 Å². The minimum atomic E-state index is -0.690. The molecule has 0 atom stereocenters. The molecule has 1 heterocycles. The third-order valence-corrected chi connectivity index (χ3v) is 5.87. The smallest absolute Gasteiger partial charge is 0.240 e. The molecule has 0 saturated heterocycles. The van der Waals surface area contributed by atoms with Gasteiger partial charge in [0.2, 0.25) is 5.91 Å². The summed E-state index contributed by atoms with van der Waals surface area (Å²) in [5.74, 6) is 1.46. The Morgan fingerprint density at radius 2 is 1.80 bits per heavy atom. The summed E-state index contributed by atoms with van der Waals surface area (Å²) in [6.45, 7) is 2.37. The lowest BCUT2D eigenvalue weighted by molar-refractivity contribution is -0.128. The molecule has 1 aromatic heterocycles. The van der Waals surface area contributed by atoms with Gasteiger partial charge in [-0.25, -0.2) is 4.98 Å². The number of aromatic nitrogens is 3. The molecule has 6 heteroatoms. The summed E-state index contributed by atoms with van der Waals surface area (Å²) in [7, 11) is 0. The predicted octanol–water partition coefficient (Wildman–Crippen LogP) is 2.45. The molecule has 4 N–H and O–H groups in total. The molecule has 2 aromatic rings. The minimum Gasteiger partial charge on any atom is -0.350 e. The highest BCUT2D eigenvalue weighted by molar-refractivity contribution is 5.86. The van der Waals surface area contributed by atoms with Crippen LogP contribution in [0.1, 0.15) is 49.9 Å². The fourth-order valence-corrected chi connectivity index (χ4v) is 3.73. The molecule has 1 amide bonds. The summed E-state index contributed by atoms with van der Waals surface area (Å²) < 4.78 is 0. The Morgan fingerprint density at radius 3 is 2.36 bits per heavy atom. The molecule has 1 aromatic carbocycles. The van der Waals surface area contributed by atoms with Crippen molar-refractivity contribution in [3.8, 4) is 11.4 Å². The first-order chi connectivity index (χ1) is 12.0. The average Bonchev–Trinajstić information content (AvgIpc) is 3.26. The number of amides is 1. The van der Waals surface area contributed by atoms with E-state index in [1.165, 1.54) is 12.8 Å². The first kappa shape index (κ1) is 16.3. The van der Waals surface area contributed by atoms with Crippen molar-refractivity contribution in [2.45, 2.75) is 57.5 Å². The monoisotopic (exact) mass is 339 g/mol. The summed E-state index contributed by atoms with van der Waals surface area (Å²) in [6.07, 6.45) is 6.45. The van der Waals surface area contributed by atoms with Crippen LogP contribution in [0.2, 0.25) is 0 Å². The van der Waals surface area contributed by atoms with Crippen LogP contribution in [0.25, 0.3) is 11.4 Å². The van der Waals surface area contributed by atoms with Crippen LogP contribution >= 0.6 is 0 Å². The topological polar surface area (TPSA) is 96.7 Å². The van der Waals surface area contributed by atoms with Gasteiger partial charge in [0.1, 0.15) is 5.82 Å². The lowest BCUT2D eigenvalue weighted by Gasteiger charge is -2.36. The summed E-state index contributed by atoms with van der Waals surface area (Å²) in [4.78, 5) is 16.9. The van der Waals surface area contributed by atoms with E-state index < -0.39 is 5.54 Å². The van der Waals surface area contributed by atoms with Gasteiger partial charge >= 0.3 is 0 Å². The van der Waals surface area contributed by atoms with Crippen molar-refractivity contribution in [1.29, 1.82) is 0 Å². The van der Waals surface area contributed by atoms with E-state index in [4.69, 9.17) is 5.73 Å². The number of aryl methyl sites for hydroxylation is 1. The molecule has 2 saturated carbocycles. The SMILES string of the molecule is Cc1nc(-c2ccc(CNC(=O)C3(N)CCC4(CC4)CC3)cc2)n[nH]1. The standard InChI is InChI=1S/C19H25N5O/c1-13-22-16(24-23-13)15-4-2-14(3-5-15)12-21-17(25)19(20)10-8-18(6-7-18)9-11-19/h2-5H,6-12,20H2,1H3,(H,21,25)(H,22,23,24). The number of aromatic amines is 1. The van der Waals surface area contributed by atoms with E-state index in [1.807, 2.05) is 31.2 Å². The van der Waals surface area contributed by atoms with Crippen molar-refractivity contribution in [3.05, 3.63) is 35.7 Å². The Labute approximate surface area is 147 Å². The molecule has 6 nitrogen and oxygen atoms in total. The fraction of sp³-hybridized carbons (Fsp3) is 0.526. The van der Waals surface area contributed by atoms with E-state index in [9.17, 15) is 4.79 Å². The van der Waals surface area contributed by atoms with Gasteiger partial charge in [0.05, 0.1) is 5.54 Å². The van der Waals surface area contributed by atoms with Crippen LogP contribution in [0, 0.1) is 12.3 Å². The van der Waals surface area contributed by atoms with Gasteiger partial charge in [-0.15, -0.1) is 0 Å². The molecule has 0 unspecified atom stereocenters. The van der Waals surface area contributed by atoms with Gasteiger partial charge < -0.3 is 11.1 Å². The lowest BCUT2D eigenvalue weighted by atomic mass is 9.74. The molecule has 0 bridgehead atoms. The van der Waals surface area contributed by atoms with Gasteiger partial charge in [0.15, 0.2) is 5.82 Å². The Morgan fingerprint density at radius 1 is 1.16 bits per heavy atom. The number of nitrogens with one attached hydrogen (secondary N) is 2. The molecule has 25 heavy (non-hydrogen) atoms. The molecule has 0 aliphatic heterocycles. The quantitative estimate of drug-likeness (QED) is 0.797. The van der Waals surface area contributed by atoms with Crippen LogP contribution in [-0.4, -0.2) is 26.6 Å². The zero-order valence-corrected chi connectivity index (χ0v) is 14.6. The van der Waals surface area contributed by atoms with Crippen molar-refractivity contribution in [1.82, 2.24) is 20.5 Å². The van der Waals surface area contributed by atoms with E-state index >= 15 is 0 Å². The molecule has 2 aliphatic carbocycles. The van der Waals surface area contributed by atoms with Gasteiger partial charge in [-0.05, 0) is 56.4 Å². The largest absolute Gasteiger partial charge is 0.350 e. The number of H-pyrrole nitrogens is 1. The van der Waals surface area contributed by atoms with E-state index in [1.54, 1.807) is 0 Å². The van der Waals surface area contributed by atoms with E-state index in [-0.39, 0.29) is 5.91 Å². The molecule has 0 radical (unpaired) electrons. The molecule has 4 rings (SSSR count). The number of benzene rings is 1. The van der Waals surface area contributed by atoms with Crippen LogP contribution in [0.4, 0.5) is 0 Å². The average molecular weight is 339 g/mol. The van der Waals surface area contributed by atoms with Crippen molar-refractivity contribution in [2.24, 2.45) is 11.1 Å². The molecular weight excluding hydrogens is 314 g/mol. The van der Waals surface area contributed by atoms with Gasteiger partial charge in [0.25, 0.3) is 0 Å². The molecular formula is C19H25N5O.